The maximum Gasteiger partial charge on any atom is 0.225 e. The van der Waals surface area contributed by atoms with E-state index in [-0.39, 0.29) is 5.91 Å². The van der Waals surface area contributed by atoms with E-state index in [1.165, 1.54) is 0 Å². The van der Waals surface area contributed by atoms with E-state index in [2.05, 4.69) is 24.1 Å². The number of carbonyl (C=O) groups is 1. The molecule has 3 N–H and O–H groups in total. The second-order valence-electron chi connectivity index (χ2n) is 5.64. The van der Waals surface area contributed by atoms with Crippen molar-refractivity contribution in [2.24, 2.45) is 5.92 Å². The van der Waals surface area contributed by atoms with E-state index in [4.69, 9.17) is 28.9 Å². The molecule has 1 aromatic rings. The van der Waals surface area contributed by atoms with E-state index in [0.29, 0.717) is 40.3 Å². The van der Waals surface area contributed by atoms with Crippen LogP contribution in [0.25, 0.3) is 0 Å². The molecule has 0 bridgehead atoms. The van der Waals surface area contributed by atoms with Gasteiger partial charge in [0.25, 0.3) is 0 Å². The number of nitrogens with zero attached hydrogens (tertiary/aromatic N) is 1. The minimum Gasteiger partial charge on any atom is -0.399 e. The second kappa shape index (κ2) is 8.47. The number of hydrogen-bond acceptors (Lipinski definition) is 3. The van der Waals surface area contributed by atoms with Crippen LogP contribution in [0.1, 0.15) is 26.7 Å². The Balaban J connectivity index is 2.48. The van der Waals surface area contributed by atoms with Gasteiger partial charge in [-0.1, -0.05) is 37.0 Å². The van der Waals surface area contributed by atoms with E-state index in [1.807, 2.05) is 7.05 Å². The number of anilines is 2. The van der Waals surface area contributed by atoms with Crippen LogP contribution in [0.15, 0.2) is 12.1 Å². The third kappa shape index (κ3) is 6.55. The lowest BCUT2D eigenvalue weighted by molar-refractivity contribution is -0.116. The largest absolute Gasteiger partial charge is 0.399 e. The third-order valence-corrected chi connectivity index (χ3v) is 3.73. The Morgan fingerprint density at radius 2 is 1.86 bits per heavy atom. The first-order chi connectivity index (χ1) is 9.79. The van der Waals surface area contributed by atoms with Gasteiger partial charge in [0.05, 0.1) is 15.7 Å². The summed E-state index contributed by atoms with van der Waals surface area (Å²) >= 11 is 12.1. The van der Waals surface area contributed by atoms with E-state index in [9.17, 15) is 4.79 Å². The van der Waals surface area contributed by atoms with Gasteiger partial charge in [0.1, 0.15) is 0 Å². The van der Waals surface area contributed by atoms with Crippen molar-refractivity contribution in [3.63, 3.8) is 0 Å². The smallest absolute Gasteiger partial charge is 0.225 e. The Labute approximate surface area is 136 Å². The fraction of sp³-hybridized carbons (Fsp3) is 0.533. The van der Waals surface area contributed by atoms with Crippen molar-refractivity contribution < 1.29 is 4.79 Å². The molecule has 0 saturated heterocycles. The third-order valence-electron chi connectivity index (χ3n) is 3.14. The van der Waals surface area contributed by atoms with Gasteiger partial charge in [-0.2, -0.15) is 0 Å². The van der Waals surface area contributed by atoms with Crippen LogP contribution in [0.3, 0.4) is 0 Å². The molecule has 0 aromatic heterocycles. The van der Waals surface area contributed by atoms with Crippen molar-refractivity contribution in [1.82, 2.24) is 4.90 Å². The second-order valence-corrected chi connectivity index (χ2v) is 6.46. The van der Waals surface area contributed by atoms with Gasteiger partial charge in [-0.3, -0.25) is 4.79 Å². The van der Waals surface area contributed by atoms with Crippen molar-refractivity contribution in [2.45, 2.75) is 26.7 Å². The van der Waals surface area contributed by atoms with E-state index in [0.717, 1.165) is 13.0 Å². The van der Waals surface area contributed by atoms with Gasteiger partial charge >= 0.3 is 0 Å². The summed E-state index contributed by atoms with van der Waals surface area (Å²) in [7, 11) is 2.01. The Morgan fingerprint density at radius 1 is 1.29 bits per heavy atom. The molecule has 0 aliphatic heterocycles. The molecule has 0 unspecified atom stereocenters. The number of hydrogen-bond donors (Lipinski definition) is 2. The minimum absolute atomic E-state index is 0.111. The number of amides is 1. The molecule has 0 aliphatic rings. The van der Waals surface area contributed by atoms with Crippen molar-refractivity contribution in [1.29, 1.82) is 0 Å². The maximum atomic E-state index is 12.0. The van der Waals surface area contributed by atoms with E-state index in [1.54, 1.807) is 12.1 Å². The van der Waals surface area contributed by atoms with Crippen LogP contribution >= 0.6 is 23.2 Å². The predicted molar refractivity (Wildman–Crippen MR) is 91.1 cm³/mol. The maximum absolute atomic E-state index is 12.0. The topological polar surface area (TPSA) is 58.4 Å². The first kappa shape index (κ1) is 18.1. The number of rotatable bonds is 7. The number of nitrogen functional groups attached to an aromatic ring is 1. The summed E-state index contributed by atoms with van der Waals surface area (Å²) in [6.07, 6.45) is 1.51. The van der Waals surface area contributed by atoms with Crippen molar-refractivity contribution >= 4 is 40.5 Å². The number of nitrogens with two attached hydrogens (primary N) is 1. The predicted octanol–water partition coefficient (Wildman–Crippen LogP) is 3.88. The molecule has 1 aromatic carbocycles. The number of halogens is 2. The summed E-state index contributed by atoms with van der Waals surface area (Å²) in [4.78, 5) is 14.1. The van der Waals surface area contributed by atoms with Crippen molar-refractivity contribution in [3.05, 3.63) is 22.2 Å². The summed E-state index contributed by atoms with van der Waals surface area (Å²) in [6, 6.07) is 3.13. The summed E-state index contributed by atoms with van der Waals surface area (Å²) in [5, 5.41) is 3.44. The zero-order valence-electron chi connectivity index (χ0n) is 12.7. The highest BCUT2D eigenvalue weighted by molar-refractivity contribution is 6.40. The first-order valence-electron chi connectivity index (χ1n) is 7.02. The molecule has 0 heterocycles. The zero-order valence-corrected chi connectivity index (χ0v) is 14.3. The van der Waals surface area contributed by atoms with E-state index >= 15 is 0 Å². The van der Waals surface area contributed by atoms with Gasteiger partial charge in [-0.05, 0) is 38.1 Å². The highest BCUT2D eigenvalue weighted by Gasteiger charge is 2.11. The summed E-state index contributed by atoms with van der Waals surface area (Å²) in [6.45, 7) is 6.05. The molecule has 0 radical (unpaired) electrons. The number of benzene rings is 1. The molecule has 118 valence electrons. The average molecular weight is 332 g/mol. The van der Waals surface area contributed by atoms with Crippen LogP contribution in [-0.4, -0.2) is 30.9 Å². The van der Waals surface area contributed by atoms with E-state index < -0.39 is 0 Å². The van der Waals surface area contributed by atoms with Crippen LogP contribution in [0.5, 0.6) is 0 Å². The molecule has 6 heteroatoms. The Hall–Kier alpha value is -0.970. The van der Waals surface area contributed by atoms with Crippen LogP contribution in [-0.2, 0) is 4.79 Å². The lowest BCUT2D eigenvalue weighted by Crippen LogP contribution is -2.26. The minimum atomic E-state index is -0.111. The van der Waals surface area contributed by atoms with Gasteiger partial charge in [-0.25, -0.2) is 0 Å². The molecule has 0 atom stereocenters. The summed E-state index contributed by atoms with van der Waals surface area (Å²) < 4.78 is 0. The zero-order chi connectivity index (χ0) is 16.0. The van der Waals surface area contributed by atoms with Crippen molar-refractivity contribution in [2.75, 3.05) is 31.2 Å². The molecular weight excluding hydrogens is 309 g/mol. The first-order valence-corrected chi connectivity index (χ1v) is 7.78. The molecule has 1 amide bonds. The lowest BCUT2D eigenvalue weighted by Gasteiger charge is -2.17. The molecule has 21 heavy (non-hydrogen) atoms. The fourth-order valence-electron chi connectivity index (χ4n) is 1.80. The highest BCUT2D eigenvalue weighted by atomic mass is 35.5. The molecule has 1 rings (SSSR count). The quantitative estimate of drug-likeness (QED) is 0.745. The summed E-state index contributed by atoms with van der Waals surface area (Å²) in [5.41, 5.74) is 6.51. The fourth-order valence-corrected chi connectivity index (χ4v) is 2.40. The Morgan fingerprint density at radius 3 is 2.38 bits per heavy atom. The molecular formula is C15H23Cl2N3O. The normalized spacial score (nSPS) is 11.2. The average Bonchev–Trinajstić information content (AvgIpc) is 2.38. The summed E-state index contributed by atoms with van der Waals surface area (Å²) in [5.74, 6) is 0.550. The SMILES string of the molecule is CC(C)CCN(C)CCC(=O)Nc1c(Cl)cc(N)cc1Cl. The van der Waals surface area contributed by atoms with Gasteiger partial charge < -0.3 is 16.0 Å². The van der Waals surface area contributed by atoms with Crippen molar-refractivity contribution in [3.8, 4) is 0 Å². The molecule has 4 nitrogen and oxygen atoms in total. The highest BCUT2D eigenvalue weighted by Crippen LogP contribution is 2.32. The van der Waals surface area contributed by atoms with Crippen LogP contribution < -0.4 is 11.1 Å². The molecule has 0 spiro atoms. The monoisotopic (exact) mass is 331 g/mol. The standard InChI is InChI=1S/C15H23Cl2N3O/c1-10(2)4-6-20(3)7-5-14(21)19-15-12(16)8-11(18)9-13(15)17/h8-10H,4-7,18H2,1-3H3,(H,19,21). The van der Waals surface area contributed by atoms with Gasteiger partial charge in [0, 0.05) is 18.7 Å². The van der Waals surface area contributed by atoms with Crippen LogP contribution in [0.4, 0.5) is 11.4 Å². The van der Waals surface area contributed by atoms with Gasteiger partial charge in [0.15, 0.2) is 0 Å². The molecule has 0 aliphatic carbocycles. The van der Waals surface area contributed by atoms with Crippen LogP contribution in [0, 0.1) is 5.92 Å². The molecule has 0 fully saturated rings. The lowest BCUT2D eigenvalue weighted by atomic mass is 10.1. The van der Waals surface area contributed by atoms with Crippen LogP contribution in [0.2, 0.25) is 10.0 Å². The van der Waals surface area contributed by atoms with Gasteiger partial charge in [0.2, 0.25) is 5.91 Å². The van der Waals surface area contributed by atoms with Gasteiger partial charge in [-0.15, -0.1) is 0 Å². The Bertz CT molecular complexity index is 469. The Kier molecular flexibility index (Phi) is 7.29. The molecule has 0 saturated carbocycles. The number of nitrogens with one attached hydrogen (secondary N) is 1. The number of carbonyl (C=O) groups excluding carboxylic acids is 1.